The number of benzene rings is 2. The lowest BCUT2D eigenvalue weighted by molar-refractivity contribution is -0.118. The van der Waals surface area contributed by atoms with Crippen molar-refractivity contribution < 1.29 is 9.59 Å². The fourth-order valence-corrected chi connectivity index (χ4v) is 3.19. The predicted molar refractivity (Wildman–Crippen MR) is 112 cm³/mol. The van der Waals surface area contributed by atoms with Gasteiger partial charge in [0.1, 0.15) is 6.54 Å². The van der Waals surface area contributed by atoms with E-state index < -0.39 is 5.91 Å². The first-order valence-corrected chi connectivity index (χ1v) is 9.05. The highest BCUT2D eigenvalue weighted by molar-refractivity contribution is 6.01. The minimum atomic E-state index is -0.425. The number of fused-ring (bicyclic) bond motifs is 1. The number of aromatic nitrogens is 2. The normalized spacial score (nSPS) is 11.2. The van der Waals surface area contributed by atoms with Gasteiger partial charge in [-0.3, -0.25) is 9.59 Å². The minimum absolute atomic E-state index is 0.0778. The number of amides is 2. The van der Waals surface area contributed by atoms with Gasteiger partial charge in [-0.1, -0.05) is 18.2 Å². The molecule has 7 heteroatoms. The van der Waals surface area contributed by atoms with E-state index >= 15 is 0 Å². The molecule has 0 fully saturated rings. The number of rotatable bonds is 6. The van der Waals surface area contributed by atoms with Crippen LogP contribution in [-0.2, 0) is 11.3 Å². The molecular weight excluding hydrogens is 366 g/mol. The molecule has 4 rings (SSSR count). The van der Waals surface area contributed by atoms with Crippen molar-refractivity contribution in [2.75, 3.05) is 0 Å². The van der Waals surface area contributed by atoms with E-state index in [1.54, 1.807) is 29.1 Å². The summed E-state index contributed by atoms with van der Waals surface area (Å²) in [5.74, 6) is -0.730. The van der Waals surface area contributed by atoms with Gasteiger partial charge in [-0.2, -0.15) is 5.10 Å². The molecule has 29 heavy (non-hydrogen) atoms. The van der Waals surface area contributed by atoms with Crippen LogP contribution in [0.2, 0.25) is 0 Å². The number of para-hydroxylation sites is 1. The molecule has 2 aromatic heterocycles. The molecule has 0 bridgehead atoms. The Morgan fingerprint density at radius 1 is 1.00 bits per heavy atom. The number of primary amides is 1. The molecule has 0 saturated heterocycles. The summed E-state index contributed by atoms with van der Waals surface area (Å²) >= 11 is 0. The number of hydrogen-bond acceptors (Lipinski definition) is 3. The van der Waals surface area contributed by atoms with Crippen molar-refractivity contribution in [1.82, 2.24) is 14.6 Å². The number of hydrazone groups is 1. The van der Waals surface area contributed by atoms with Gasteiger partial charge in [0.25, 0.3) is 5.91 Å². The molecule has 2 heterocycles. The Hall–Kier alpha value is -4.13. The Kier molecular flexibility index (Phi) is 4.94. The first-order valence-electron chi connectivity index (χ1n) is 9.05. The van der Waals surface area contributed by atoms with Crippen LogP contribution in [0, 0.1) is 0 Å². The SMILES string of the molecule is NC(=O)Cn1cc(/C=N/NC(=O)c2ccc(-n3cccc3)cc2)c2ccccc21. The third-order valence-electron chi connectivity index (χ3n) is 4.55. The van der Waals surface area contributed by atoms with E-state index in [0.717, 1.165) is 22.2 Å². The van der Waals surface area contributed by atoms with Gasteiger partial charge in [0.15, 0.2) is 0 Å². The lowest BCUT2D eigenvalue weighted by Gasteiger charge is -2.04. The van der Waals surface area contributed by atoms with Crippen molar-refractivity contribution >= 4 is 28.9 Å². The highest BCUT2D eigenvalue weighted by Gasteiger charge is 2.09. The quantitative estimate of drug-likeness (QED) is 0.394. The molecule has 0 radical (unpaired) electrons. The van der Waals surface area contributed by atoms with Crippen LogP contribution < -0.4 is 11.2 Å². The average Bonchev–Trinajstić information content (AvgIpc) is 3.37. The molecule has 0 saturated carbocycles. The largest absolute Gasteiger partial charge is 0.368 e. The van der Waals surface area contributed by atoms with Crippen molar-refractivity contribution in [3.8, 4) is 5.69 Å². The minimum Gasteiger partial charge on any atom is -0.368 e. The van der Waals surface area contributed by atoms with Crippen LogP contribution in [0.3, 0.4) is 0 Å². The maximum absolute atomic E-state index is 12.3. The number of nitrogens with one attached hydrogen (secondary N) is 1. The molecule has 144 valence electrons. The van der Waals surface area contributed by atoms with E-state index in [2.05, 4.69) is 10.5 Å². The van der Waals surface area contributed by atoms with Crippen molar-refractivity contribution in [3.63, 3.8) is 0 Å². The molecule has 0 aliphatic rings. The monoisotopic (exact) mass is 385 g/mol. The maximum atomic E-state index is 12.3. The fourth-order valence-electron chi connectivity index (χ4n) is 3.19. The molecule has 0 atom stereocenters. The van der Waals surface area contributed by atoms with Gasteiger partial charge in [-0.25, -0.2) is 5.43 Å². The third kappa shape index (κ3) is 3.93. The molecule has 0 aliphatic carbocycles. The lowest BCUT2D eigenvalue weighted by atomic mass is 10.2. The standard InChI is InChI=1S/C22H19N5O2/c23-21(28)15-27-14-17(19-5-1-2-6-20(19)27)13-24-25-22(29)16-7-9-18(10-8-16)26-11-3-4-12-26/h1-14H,15H2,(H2,23,28)(H,25,29)/b24-13+. The Bertz CT molecular complexity index is 1190. The van der Waals surface area contributed by atoms with E-state index in [1.165, 1.54) is 0 Å². The number of nitrogens with two attached hydrogens (primary N) is 1. The smallest absolute Gasteiger partial charge is 0.271 e. The molecule has 0 unspecified atom stereocenters. The number of hydrogen-bond donors (Lipinski definition) is 2. The molecule has 0 spiro atoms. The third-order valence-corrected chi connectivity index (χ3v) is 4.55. The van der Waals surface area contributed by atoms with Crippen molar-refractivity contribution in [2.24, 2.45) is 10.8 Å². The summed E-state index contributed by atoms with van der Waals surface area (Å²) in [5.41, 5.74) is 11.0. The first-order chi connectivity index (χ1) is 14.1. The molecule has 3 N–H and O–H groups in total. The fraction of sp³-hybridized carbons (Fsp3) is 0.0455. The lowest BCUT2D eigenvalue weighted by Crippen LogP contribution is -2.18. The van der Waals surface area contributed by atoms with Gasteiger partial charge >= 0.3 is 0 Å². The summed E-state index contributed by atoms with van der Waals surface area (Å²) in [5, 5.41) is 4.99. The molecule has 2 amide bonds. The van der Waals surface area contributed by atoms with E-state index in [-0.39, 0.29) is 12.5 Å². The zero-order valence-electron chi connectivity index (χ0n) is 15.5. The summed E-state index contributed by atoms with van der Waals surface area (Å²) in [6, 6.07) is 18.7. The van der Waals surface area contributed by atoms with Crippen molar-refractivity contribution in [3.05, 3.63) is 90.4 Å². The molecule has 0 aliphatic heterocycles. The maximum Gasteiger partial charge on any atom is 0.271 e. The second-order valence-electron chi connectivity index (χ2n) is 6.53. The number of carbonyl (C=O) groups excluding carboxylic acids is 2. The van der Waals surface area contributed by atoms with Gasteiger partial charge in [0.2, 0.25) is 5.91 Å². The highest BCUT2D eigenvalue weighted by Crippen LogP contribution is 2.19. The summed E-state index contributed by atoms with van der Waals surface area (Å²) in [6.45, 7) is 0.0778. The zero-order chi connectivity index (χ0) is 20.2. The van der Waals surface area contributed by atoms with Gasteiger partial charge < -0.3 is 14.9 Å². The molecule has 7 nitrogen and oxygen atoms in total. The number of nitrogens with zero attached hydrogens (tertiary/aromatic N) is 3. The van der Waals surface area contributed by atoms with Gasteiger partial charge in [-0.15, -0.1) is 0 Å². The predicted octanol–water partition coefficient (Wildman–Crippen LogP) is 2.68. The Labute approximate surface area is 167 Å². The second-order valence-corrected chi connectivity index (χ2v) is 6.53. The van der Waals surface area contributed by atoms with Crippen LogP contribution >= 0.6 is 0 Å². The molecule has 4 aromatic rings. The Balaban J connectivity index is 1.49. The highest BCUT2D eigenvalue weighted by atomic mass is 16.2. The Morgan fingerprint density at radius 3 is 2.45 bits per heavy atom. The summed E-state index contributed by atoms with van der Waals surface area (Å²) in [7, 11) is 0. The zero-order valence-corrected chi connectivity index (χ0v) is 15.5. The van der Waals surface area contributed by atoms with Crippen molar-refractivity contribution in [1.29, 1.82) is 0 Å². The topological polar surface area (TPSA) is 94.4 Å². The van der Waals surface area contributed by atoms with Crippen LogP contribution in [-0.4, -0.2) is 27.2 Å². The summed E-state index contributed by atoms with van der Waals surface area (Å²) in [6.07, 6.45) is 7.23. The van der Waals surface area contributed by atoms with Crippen LogP contribution in [0.1, 0.15) is 15.9 Å². The molecular formula is C22H19N5O2. The van der Waals surface area contributed by atoms with E-state index in [9.17, 15) is 9.59 Å². The van der Waals surface area contributed by atoms with E-state index in [4.69, 9.17) is 5.73 Å². The van der Waals surface area contributed by atoms with E-state index in [1.807, 2.05) is 65.5 Å². The van der Waals surface area contributed by atoms with Crippen LogP contribution in [0.15, 0.2) is 84.4 Å². The van der Waals surface area contributed by atoms with Crippen molar-refractivity contribution in [2.45, 2.75) is 6.54 Å². The van der Waals surface area contributed by atoms with Gasteiger partial charge in [0, 0.05) is 46.3 Å². The first kappa shape index (κ1) is 18.2. The summed E-state index contributed by atoms with van der Waals surface area (Å²) in [4.78, 5) is 23.6. The Morgan fingerprint density at radius 2 is 1.72 bits per heavy atom. The van der Waals surface area contributed by atoms with Gasteiger partial charge in [0.05, 0.1) is 6.21 Å². The van der Waals surface area contributed by atoms with E-state index in [0.29, 0.717) is 5.56 Å². The van der Waals surface area contributed by atoms with Crippen LogP contribution in [0.4, 0.5) is 0 Å². The number of carbonyl (C=O) groups is 2. The molecule has 2 aromatic carbocycles. The van der Waals surface area contributed by atoms with Crippen LogP contribution in [0.25, 0.3) is 16.6 Å². The average molecular weight is 385 g/mol. The summed E-state index contributed by atoms with van der Waals surface area (Å²) < 4.78 is 3.72. The van der Waals surface area contributed by atoms with Crippen LogP contribution in [0.5, 0.6) is 0 Å². The second kappa shape index (κ2) is 7.85. The van der Waals surface area contributed by atoms with Gasteiger partial charge in [-0.05, 0) is 42.5 Å².